The van der Waals surface area contributed by atoms with E-state index in [1.165, 1.54) is 0 Å². The van der Waals surface area contributed by atoms with Crippen molar-refractivity contribution in [3.05, 3.63) is 54.1 Å². The van der Waals surface area contributed by atoms with Crippen LogP contribution in [0, 0.1) is 0 Å². The molecule has 0 saturated heterocycles. The molecule has 0 fully saturated rings. The molecule has 0 aliphatic carbocycles. The largest absolute Gasteiger partial charge is 0.481 e. The number of hydrogen-bond acceptors (Lipinski definition) is 2. The van der Waals surface area contributed by atoms with Crippen molar-refractivity contribution in [3.8, 4) is 11.4 Å². The van der Waals surface area contributed by atoms with Gasteiger partial charge < -0.3 is 10.1 Å². The quantitative estimate of drug-likeness (QED) is 0.773. The molecule has 1 aromatic heterocycles. The first-order chi connectivity index (χ1) is 9.72. The van der Waals surface area contributed by atoms with E-state index in [9.17, 15) is 4.79 Å². The van der Waals surface area contributed by atoms with E-state index >= 15 is 0 Å². The molecule has 2 N–H and O–H groups in total. The minimum Gasteiger partial charge on any atom is -0.481 e. The number of aryl methyl sites for hydroxylation is 1. The van der Waals surface area contributed by atoms with Crippen LogP contribution in [0.2, 0.25) is 0 Å². The number of imidazole rings is 1. The van der Waals surface area contributed by atoms with Gasteiger partial charge >= 0.3 is 5.97 Å². The number of fused-ring (bicyclic) bond motifs is 1. The molecule has 21 heavy (non-hydrogen) atoms. The monoisotopic (exact) mass is 302 g/mol. The Kier molecular flexibility index (Phi) is 4.60. The maximum absolute atomic E-state index is 10.6. The minimum absolute atomic E-state index is 0. The Morgan fingerprint density at radius 2 is 1.90 bits per heavy atom. The molecule has 0 aliphatic rings. The fourth-order valence-electron chi connectivity index (χ4n) is 2.20. The summed E-state index contributed by atoms with van der Waals surface area (Å²) < 4.78 is 0. The van der Waals surface area contributed by atoms with Crippen LogP contribution in [0.15, 0.2) is 48.5 Å². The third kappa shape index (κ3) is 3.41. The Hall–Kier alpha value is -2.33. The van der Waals surface area contributed by atoms with Crippen molar-refractivity contribution in [1.82, 2.24) is 9.97 Å². The van der Waals surface area contributed by atoms with Crippen LogP contribution >= 0.6 is 12.4 Å². The lowest BCUT2D eigenvalue weighted by Gasteiger charge is -1.97. The van der Waals surface area contributed by atoms with Gasteiger partial charge in [-0.15, -0.1) is 12.4 Å². The molecule has 0 unspecified atom stereocenters. The summed E-state index contributed by atoms with van der Waals surface area (Å²) in [5.74, 6) is 0.0515. The molecule has 0 aliphatic heterocycles. The van der Waals surface area contributed by atoms with Crippen LogP contribution in [0.4, 0.5) is 0 Å². The number of carboxylic acid groups (broad SMARTS) is 1. The number of rotatable bonds is 4. The van der Waals surface area contributed by atoms with Crippen LogP contribution in [0.3, 0.4) is 0 Å². The van der Waals surface area contributed by atoms with E-state index in [-0.39, 0.29) is 18.8 Å². The summed E-state index contributed by atoms with van der Waals surface area (Å²) in [5.41, 5.74) is 3.87. The van der Waals surface area contributed by atoms with Crippen molar-refractivity contribution < 1.29 is 9.90 Å². The highest BCUT2D eigenvalue weighted by Gasteiger charge is 2.06. The number of nitrogens with one attached hydrogen (secondary N) is 1. The maximum Gasteiger partial charge on any atom is 0.303 e. The third-order valence-electron chi connectivity index (χ3n) is 3.22. The second kappa shape index (κ2) is 6.41. The van der Waals surface area contributed by atoms with Gasteiger partial charge in [-0.05, 0) is 24.1 Å². The van der Waals surface area contributed by atoms with Crippen LogP contribution in [0.5, 0.6) is 0 Å². The van der Waals surface area contributed by atoms with E-state index in [0.29, 0.717) is 6.42 Å². The number of benzene rings is 2. The van der Waals surface area contributed by atoms with Crippen LogP contribution < -0.4 is 0 Å². The van der Waals surface area contributed by atoms with Crippen LogP contribution in [-0.4, -0.2) is 21.0 Å². The standard InChI is InChI=1S/C16H14N2O2.ClH/c19-15(20)9-7-11-6-8-13-14(10-11)18-16(17-13)12-4-2-1-3-5-12;/h1-6,8,10H,7,9H2,(H,17,18)(H,19,20);1H. The summed E-state index contributed by atoms with van der Waals surface area (Å²) in [6.07, 6.45) is 0.677. The number of aromatic nitrogens is 2. The van der Waals surface area contributed by atoms with Gasteiger partial charge in [0.15, 0.2) is 0 Å². The summed E-state index contributed by atoms with van der Waals surface area (Å²) in [5, 5.41) is 8.72. The number of H-pyrrole nitrogens is 1. The zero-order valence-corrected chi connectivity index (χ0v) is 12.1. The van der Waals surface area contributed by atoms with E-state index in [2.05, 4.69) is 9.97 Å². The number of nitrogens with zero attached hydrogens (tertiary/aromatic N) is 1. The van der Waals surface area contributed by atoms with E-state index in [1.54, 1.807) is 0 Å². The summed E-state index contributed by atoms with van der Waals surface area (Å²) in [6.45, 7) is 0. The number of hydrogen-bond donors (Lipinski definition) is 2. The average molecular weight is 303 g/mol. The van der Waals surface area contributed by atoms with Gasteiger partial charge in [0.2, 0.25) is 0 Å². The van der Waals surface area contributed by atoms with Gasteiger partial charge in [0.25, 0.3) is 0 Å². The number of carbonyl (C=O) groups is 1. The molecule has 0 bridgehead atoms. The Bertz CT molecular complexity index is 753. The molecule has 1 heterocycles. The summed E-state index contributed by atoms with van der Waals surface area (Å²) >= 11 is 0. The van der Waals surface area contributed by atoms with Gasteiger partial charge in [-0.3, -0.25) is 4.79 Å². The van der Waals surface area contributed by atoms with E-state index in [0.717, 1.165) is 28.0 Å². The molecular weight excluding hydrogens is 288 g/mol. The zero-order chi connectivity index (χ0) is 13.9. The Labute approximate surface area is 128 Å². The van der Waals surface area contributed by atoms with Crippen molar-refractivity contribution in [1.29, 1.82) is 0 Å². The van der Waals surface area contributed by atoms with Crippen molar-refractivity contribution in [2.24, 2.45) is 0 Å². The van der Waals surface area contributed by atoms with Gasteiger partial charge in [0.05, 0.1) is 11.0 Å². The average Bonchev–Trinajstić information content (AvgIpc) is 2.89. The molecule has 0 radical (unpaired) electrons. The van der Waals surface area contributed by atoms with Crippen molar-refractivity contribution >= 4 is 29.4 Å². The van der Waals surface area contributed by atoms with Gasteiger partial charge in [-0.25, -0.2) is 4.98 Å². The second-order valence-electron chi connectivity index (χ2n) is 4.70. The van der Waals surface area contributed by atoms with Crippen molar-refractivity contribution in [2.45, 2.75) is 12.8 Å². The van der Waals surface area contributed by atoms with Crippen LogP contribution in [0.25, 0.3) is 22.4 Å². The van der Waals surface area contributed by atoms with Crippen LogP contribution in [0.1, 0.15) is 12.0 Å². The molecule has 4 nitrogen and oxygen atoms in total. The Balaban J connectivity index is 0.00000161. The number of aromatic amines is 1. The van der Waals surface area contributed by atoms with Crippen LogP contribution in [-0.2, 0) is 11.2 Å². The molecule has 0 atom stereocenters. The fourth-order valence-corrected chi connectivity index (χ4v) is 2.20. The highest BCUT2D eigenvalue weighted by atomic mass is 35.5. The molecule has 0 saturated carbocycles. The van der Waals surface area contributed by atoms with E-state index < -0.39 is 5.97 Å². The molecule has 0 spiro atoms. The molecule has 108 valence electrons. The molecule has 5 heteroatoms. The number of halogens is 1. The molecule has 0 amide bonds. The second-order valence-corrected chi connectivity index (χ2v) is 4.70. The lowest BCUT2D eigenvalue weighted by Crippen LogP contribution is -1.97. The van der Waals surface area contributed by atoms with E-state index in [1.807, 2.05) is 48.5 Å². The zero-order valence-electron chi connectivity index (χ0n) is 11.2. The predicted molar refractivity (Wildman–Crippen MR) is 84.7 cm³/mol. The van der Waals surface area contributed by atoms with Gasteiger partial charge in [0, 0.05) is 12.0 Å². The molecular formula is C16H15ClN2O2. The van der Waals surface area contributed by atoms with Gasteiger partial charge in [0.1, 0.15) is 5.82 Å². The molecule has 2 aromatic carbocycles. The Morgan fingerprint density at radius 1 is 1.14 bits per heavy atom. The highest BCUT2D eigenvalue weighted by molar-refractivity contribution is 5.85. The SMILES string of the molecule is Cl.O=C(O)CCc1ccc2nc(-c3ccccc3)[nH]c2c1. The predicted octanol–water partition coefficient (Wildman–Crippen LogP) is 3.67. The summed E-state index contributed by atoms with van der Waals surface area (Å²) in [4.78, 5) is 18.4. The number of aliphatic carboxylic acids is 1. The minimum atomic E-state index is -0.778. The van der Waals surface area contributed by atoms with E-state index in [4.69, 9.17) is 5.11 Å². The normalized spacial score (nSPS) is 10.3. The first-order valence-corrected chi connectivity index (χ1v) is 6.48. The maximum atomic E-state index is 10.6. The lowest BCUT2D eigenvalue weighted by atomic mass is 10.1. The smallest absolute Gasteiger partial charge is 0.303 e. The molecule has 3 rings (SSSR count). The number of carboxylic acids is 1. The fraction of sp³-hybridized carbons (Fsp3) is 0.125. The summed E-state index contributed by atoms with van der Waals surface area (Å²) in [7, 11) is 0. The lowest BCUT2D eigenvalue weighted by molar-refractivity contribution is -0.136. The van der Waals surface area contributed by atoms with Gasteiger partial charge in [-0.2, -0.15) is 0 Å². The summed E-state index contributed by atoms with van der Waals surface area (Å²) in [6, 6.07) is 15.7. The molecule has 3 aromatic rings. The van der Waals surface area contributed by atoms with Gasteiger partial charge in [-0.1, -0.05) is 36.4 Å². The first-order valence-electron chi connectivity index (χ1n) is 6.48. The third-order valence-corrected chi connectivity index (χ3v) is 3.22. The van der Waals surface area contributed by atoms with Crippen molar-refractivity contribution in [3.63, 3.8) is 0 Å². The highest BCUT2D eigenvalue weighted by Crippen LogP contribution is 2.21. The first kappa shape index (κ1) is 15.1. The van der Waals surface area contributed by atoms with Crippen molar-refractivity contribution in [2.75, 3.05) is 0 Å². The Morgan fingerprint density at radius 3 is 2.62 bits per heavy atom. The topological polar surface area (TPSA) is 66.0 Å².